The van der Waals surface area contributed by atoms with Gasteiger partial charge in [0.1, 0.15) is 5.88 Å². The molecule has 26 heavy (non-hydrogen) atoms. The molecule has 1 heterocycles. The van der Waals surface area contributed by atoms with Gasteiger partial charge in [-0.1, -0.05) is 71.4 Å². The zero-order valence-electron chi connectivity index (χ0n) is 14.2. The molecule has 1 aliphatic rings. The summed E-state index contributed by atoms with van der Waals surface area (Å²) in [5.41, 5.74) is 2.97. The highest BCUT2D eigenvalue weighted by molar-refractivity contribution is 7.99. The van der Waals surface area contributed by atoms with E-state index in [-0.39, 0.29) is 11.8 Å². The summed E-state index contributed by atoms with van der Waals surface area (Å²) in [7, 11) is 0. The second-order valence-corrected chi connectivity index (χ2v) is 7.49. The van der Waals surface area contributed by atoms with Crippen LogP contribution in [0.3, 0.4) is 0 Å². The predicted octanol–water partition coefficient (Wildman–Crippen LogP) is 6.70. The molecule has 1 aliphatic heterocycles. The summed E-state index contributed by atoms with van der Waals surface area (Å²) in [5.74, 6) is -0.219. The molecule has 0 aromatic heterocycles. The molecular weight excluding hydrogens is 385 g/mol. The van der Waals surface area contributed by atoms with Gasteiger partial charge >= 0.3 is 0 Å². The standard InChI is InChI=1S/C14H9Cl2NOS.C7H8/c15-8-14(18)17-10-3-1-2-4-12(10)19-13-6-5-9(16)7-11(13)17;1-7-5-3-2-4-6-7/h1-7H,8H2;2-6H,1H3. The van der Waals surface area contributed by atoms with Crippen molar-refractivity contribution in [1.29, 1.82) is 0 Å². The number of nitrogens with zero attached hydrogens (tertiary/aromatic N) is 1. The summed E-state index contributed by atoms with van der Waals surface area (Å²) in [6.45, 7) is 2.08. The molecule has 0 saturated carbocycles. The summed E-state index contributed by atoms with van der Waals surface area (Å²) < 4.78 is 0. The van der Waals surface area contributed by atoms with E-state index in [0.29, 0.717) is 5.02 Å². The van der Waals surface area contributed by atoms with E-state index in [1.165, 1.54) is 5.56 Å². The Labute approximate surface area is 167 Å². The van der Waals surface area contributed by atoms with Gasteiger partial charge in [-0.2, -0.15) is 0 Å². The quantitative estimate of drug-likeness (QED) is 0.422. The highest BCUT2D eigenvalue weighted by Gasteiger charge is 2.27. The molecule has 3 aromatic carbocycles. The maximum absolute atomic E-state index is 12.1. The molecule has 0 spiro atoms. The molecule has 0 fully saturated rings. The number of hydrogen-bond donors (Lipinski definition) is 0. The molecule has 0 aliphatic carbocycles. The average Bonchev–Trinajstić information content (AvgIpc) is 2.67. The molecule has 0 bridgehead atoms. The van der Waals surface area contributed by atoms with Gasteiger partial charge in [0.2, 0.25) is 5.91 Å². The molecule has 0 unspecified atom stereocenters. The number of benzene rings is 3. The van der Waals surface area contributed by atoms with Crippen molar-refractivity contribution in [3.8, 4) is 0 Å². The number of rotatable bonds is 1. The van der Waals surface area contributed by atoms with Gasteiger partial charge in [0.05, 0.1) is 11.4 Å². The van der Waals surface area contributed by atoms with Gasteiger partial charge in [0.15, 0.2) is 0 Å². The number of carbonyl (C=O) groups is 1. The van der Waals surface area contributed by atoms with Crippen molar-refractivity contribution in [2.24, 2.45) is 0 Å². The van der Waals surface area contributed by atoms with Crippen LogP contribution in [0.15, 0.2) is 82.6 Å². The molecule has 0 atom stereocenters. The lowest BCUT2D eigenvalue weighted by Crippen LogP contribution is -2.29. The van der Waals surface area contributed by atoms with Gasteiger partial charge in [-0.3, -0.25) is 9.69 Å². The molecule has 0 N–H and O–H groups in total. The Morgan fingerprint density at radius 2 is 1.58 bits per heavy atom. The van der Waals surface area contributed by atoms with Gasteiger partial charge in [-0.15, -0.1) is 11.6 Å². The fraction of sp³-hybridized carbons (Fsp3) is 0.0952. The lowest BCUT2D eigenvalue weighted by atomic mass is 10.2. The minimum atomic E-state index is -0.155. The largest absolute Gasteiger partial charge is 0.278 e. The van der Waals surface area contributed by atoms with Gasteiger partial charge in [0, 0.05) is 14.8 Å². The molecule has 0 radical (unpaired) electrons. The monoisotopic (exact) mass is 401 g/mol. The third kappa shape index (κ3) is 4.24. The first-order valence-corrected chi connectivity index (χ1v) is 9.80. The second kappa shape index (κ2) is 8.63. The number of fused-ring (bicyclic) bond motifs is 2. The summed E-state index contributed by atoms with van der Waals surface area (Å²) in [6.07, 6.45) is 0. The van der Waals surface area contributed by atoms with Crippen molar-refractivity contribution >= 4 is 52.2 Å². The molecule has 1 amide bonds. The van der Waals surface area contributed by atoms with E-state index in [4.69, 9.17) is 23.2 Å². The molecule has 4 rings (SSSR count). The Hall–Kier alpha value is -1.94. The number of halogens is 2. The van der Waals surface area contributed by atoms with Crippen LogP contribution in [0.25, 0.3) is 0 Å². The number of carbonyl (C=O) groups excluding carboxylic acids is 1. The minimum absolute atomic E-state index is 0.0645. The predicted molar refractivity (Wildman–Crippen MR) is 111 cm³/mol. The number of alkyl halides is 1. The Morgan fingerprint density at radius 1 is 0.923 bits per heavy atom. The van der Waals surface area contributed by atoms with Gasteiger partial charge in [-0.05, 0) is 37.3 Å². The highest BCUT2D eigenvalue weighted by Crippen LogP contribution is 2.48. The van der Waals surface area contributed by atoms with Crippen LogP contribution >= 0.6 is 35.0 Å². The van der Waals surface area contributed by atoms with Crippen molar-refractivity contribution in [3.05, 3.63) is 83.4 Å². The molecule has 2 nitrogen and oxygen atoms in total. The first-order chi connectivity index (χ1) is 12.6. The van der Waals surface area contributed by atoms with Crippen LogP contribution in [0.5, 0.6) is 0 Å². The zero-order chi connectivity index (χ0) is 18.5. The number of aryl methyl sites for hydroxylation is 1. The van der Waals surface area contributed by atoms with E-state index in [1.807, 2.05) is 54.6 Å². The summed E-state index contributed by atoms with van der Waals surface area (Å²) in [5, 5.41) is 0.603. The van der Waals surface area contributed by atoms with E-state index in [1.54, 1.807) is 22.7 Å². The third-order valence-electron chi connectivity index (χ3n) is 3.79. The maximum atomic E-state index is 12.1. The highest BCUT2D eigenvalue weighted by atomic mass is 35.5. The topological polar surface area (TPSA) is 20.3 Å². The SMILES string of the molecule is Cc1ccccc1.O=C(CCl)N1c2ccccc2Sc2ccc(Cl)cc21. The summed E-state index contributed by atoms with van der Waals surface area (Å²) in [6, 6.07) is 23.6. The molecule has 0 saturated heterocycles. The van der Waals surface area contributed by atoms with E-state index in [2.05, 4.69) is 19.1 Å². The van der Waals surface area contributed by atoms with E-state index >= 15 is 0 Å². The van der Waals surface area contributed by atoms with Gasteiger partial charge in [0.25, 0.3) is 0 Å². The molecular formula is C21H17Cl2NOS. The van der Waals surface area contributed by atoms with Crippen LogP contribution < -0.4 is 4.90 Å². The average molecular weight is 402 g/mol. The maximum Gasteiger partial charge on any atom is 0.246 e. The van der Waals surface area contributed by atoms with Crippen LogP contribution in [-0.2, 0) is 4.79 Å². The molecule has 5 heteroatoms. The van der Waals surface area contributed by atoms with Crippen molar-refractivity contribution < 1.29 is 4.79 Å². The van der Waals surface area contributed by atoms with Gasteiger partial charge < -0.3 is 0 Å². The fourth-order valence-electron chi connectivity index (χ4n) is 2.59. The van der Waals surface area contributed by atoms with Crippen LogP contribution in [0.1, 0.15) is 5.56 Å². The smallest absolute Gasteiger partial charge is 0.246 e. The number of para-hydroxylation sites is 1. The Bertz CT molecular complexity index is 915. The van der Waals surface area contributed by atoms with Crippen molar-refractivity contribution in [2.75, 3.05) is 10.8 Å². The van der Waals surface area contributed by atoms with E-state index in [9.17, 15) is 4.79 Å². The van der Waals surface area contributed by atoms with Gasteiger partial charge in [-0.25, -0.2) is 0 Å². The van der Waals surface area contributed by atoms with Crippen molar-refractivity contribution in [1.82, 2.24) is 0 Å². The zero-order valence-corrected chi connectivity index (χ0v) is 16.5. The minimum Gasteiger partial charge on any atom is -0.278 e. The van der Waals surface area contributed by atoms with Crippen LogP contribution in [0.2, 0.25) is 5.02 Å². The first-order valence-electron chi connectivity index (χ1n) is 8.07. The molecule has 132 valence electrons. The van der Waals surface area contributed by atoms with Crippen LogP contribution in [0.4, 0.5) is 11.4 Å². The summed E-state index contributed by atoms with van der Waals surface area (Å²) >= 11 is 13.4. The fourth-order valence-corrected chi connectivity index (χ4v) is 3.91. The van der Waals surface area contributed by atoms with E-state index in [0.717, 1.165) is 21.2 Å². The third-order valence-corrected chi connectivity index (χ3v) is 5.39. The lowest BCUT2D eigenvalue weighted by molar-refractivity contribution is -0.115. The Kier molecular flexibility index (Phi) is 6.25. The van der Waals surface area contributed by atoms with Crippen molar-refractivity contribution in [3.63, 3.8) is 0 Å². The Morgan fingerprint density at radius 3 is 2.23 bits per heavy atom. The summed E-state index contributed by atoms with van der Waals surface area (Å²) in [4.78, 5) is 15.8. The number of hydrogen-bond acceptors (Lipinski definition) is 2. The van der Waals surface area contributed by atoms with Crippen LogP contribution in [0, 0.1) is 6.92 Å². The normalized spacial score (nSPS) is 11.7. The van der Waals surface area contributed by atoms with Crippen molar-refractivity contribution in [2.45, 2.75) is 16.7 Å². The first kappa shape index (κ1) is 18.8. The number of anilines is 2. The van der Waals surface area contributed by atoms with E-state index < -0.39 is 0 Å². The Balaban J connectivity index is 0.000000236. The lowest BCUT2D eigenvalue weighted by Gasteiger charge is -2.30. The number of amides is 1. The van der Waals surface area contributed by atoms with Crippen LogP contribution in [-0.4, -0.2) is 11.8 Å². The molecule has 3 aromatic rings. The second-order valence-electron chi connectivity index (χ2n) is 5.70.